The molecule has 0 radical (unpaired) electrons. The maximum absolute atomic E-state index is 11.9. The maximum atomic E-state index is 11.9. The maximum Gasteiger partial charge on any atom is 0.236 e. The monoisotopic (exact) mass is 280 g/mol. The number of aromatic nitrogens is 3. The van der Waals surface area contributed by atoms with Crippen molar-refractivity contribution in [2.24, 2.45) is 5.41 Å². The summed E-state index contributed by atoms with van der Waals surface area (Å²) in [6, 6.07) is 0. The molecule has 0 unspecified atom stereocenters. The van der Waals surface area contributed by atoms with Crippen molar-refractivity contribution < 1.29 is 4.79 Å². The second-order valence-corrected chi connectivity index (χ2v) is 7.00. The van der Waals surface area contributed by atoms with Gasteiger partial charge in [-0.25, -0.2) is 0 Å². The van der Waals surface area contributed by atoms with Gasteiger partial charge in [-0.05, 0) is 26.2 Å². The van der Waals surface area contributed by atoms with E-state index < -0.39 is 0 Å². The number of carbonyl (C=O) groups is 1. The Kier molecular flexibility index (Phi) is 4.52. The summed E-state index contributed by atoms with van der Waals surface area (Å²) in [7, 11) is 0. The second kappa shape index (κ2) is 5.60. The quantitative estimate of drug-likeness (QED) is 0.782. The van der Waals surface area contributed by atoms with Gasteiger partial charge in [-0.1, -0.05) is 20.8 Å². The standard InChI is InChI=1S/C13H24N6O/c1-12(2,3)7-8(20)15-10-16-9(14)17-11(18-10)19-13(4,5)6/h7H2,1-6H3,(H4,14,15,16,17,18,19,20). The van der Waals surface area contributed by atoms with Crippen LogP contribution in [0, 0.1) is 5.41 Å². The van der Waals surface area contributed by atoms with Crippen LogP contribution in [0.25, 0.3) is 0 Å². The molecule has 112 valence electrons. The molecule has 0 fully saturated rings. The van der Waals surface area contributed by atoms with Crippen LogP contribution in [0.2, 0.25) is 0 Å². The van der Waals surface area contributed by atoms with Crippen molar-refractivity contribution in [1.29, 1.82) is 0 Å². The average Bonchev–Trinajstić information content (AvgIpc) is 2.08. The van der Waals surface area contributed by atoms with E-state index in [-0.39, 0.29) is 28.8 Å². The normalized spacial score (nSPS) is 12.1. The number of hydrogen-bond donors (Lipinski definition) is 3. The van der Waals surface area contributed by atoms with E-state index in [1.165, 1.54) is 0 Å². The van der Waals surface area contributed by atoms with Crippen molar-refractivity contribution in [3.8, 4) is 0 Å². The first-order valence-corrected chi connectivity index (χ1v) is 6.54. The highest BCUT2D eigenvalue weighted by atomic mass is 16.1. The molecule has 0 aliphatic rings. The molecule has 0 bridgehead atoms. The zero-order chi connectivity index (χ0) is 15.6. The molecule has 0 aliphatic carbocycles. The predicted molar refractivity (Wildman–Crippen MR) is 80.3 cm³/mol. The molecule has 0 atom stereocenters. The van der Waals surface area contributed by atoms with Gasteiger partial charge in [0.1, 0.15) is 0 Å². The van der Waals surface area contributed by atoms with Gasteiger partial charge in [-0.2, -0.15) is 15.0 Å². The fourth-order valence-corrected chi connectivity index (χ4v) is 1.49. The van der Waals surface area contributed by atoms with Crippen LogP contribution >= 0.6 is 0 Å². The Morgan fingerprint density at radius 3 is 2.10 bits per heavy atom. The van der Waals surface area contributed by atoms with Crippen LogP contribution in [0.5, 0.6) is 0 Å². The molecular formula is C13H24N6O. The van der Waals surface area contributed by atoms with Crippen LogP contribution in [0.4, 0.5) is 17.8 Å². The Bertz CT molecular complexity index is 487. The molecule has 0 saturated carbocycles. The Balaban J connectivity index is 2.83. The number of nitrogen functional groups attached to an aromatic ring is 1. The van der Waals surface area contributed by atoms with Crippen LogP contribution in [0.15, 0.2) is 0 Å². The van der Waals surface area contributed by atoms with Crippen LogP contribution in [-0.2, 0) is 4.79 Å². The summed E-state index contributed by atoms with van der Waals surface area (Å²) in [6.07, 6.45) is 0.376. The Hall–Kier alpha value is -1.92. The van der Waals surface area contributed by atoms with Gasteiger partial charge in [0.15, 0.2) is 0 Å². The van der Waals surface area contributed by atoms with Crippen molar-refractivity contribution in [2.45, 2.75) is 53.5 Å². The third-order valence-corrected chi connectivity index (χ3v) is 2.08. The molecule has 20 heavy (non-hydrogen) atoms. The summed E-state index contributed by atoms with van der Waals surface area (Å²) >= 11 is 0. The fraction of sp³-hybridized carbons (Fsp3) is 0.692. The fourth-order valence-electron chi connectivity index (χ4n) is 1.49. The number of nitrogens with one attached hydrogen (secondary N) is 2. The Morgan fingerprint density at radius 2 is 1.60 bits per heavy atom. The zero-order valence-corrected chi connectivity index (χ0v) is 13.0. The number of rotatable bonds is 3. The lowest BCUT2D eigenvalue weighted by molar-refractivity contribution is -0.117. The average molecular weight is 280 g/mol. The topological polar surface area (TPSA) is 106 Å². The van der Waals surface area contributed by atoms with Gasteiger partial charge in [0.05, 0.1) is 0 Å². The third kappa shape index (κ3) is 6.31. The smallest absolute Gasteiger partial charge is 0.236 e. The predicted octanol–water partition coefficient (Wildman–Crippen LogP) is 2.04. The van der Waals surface area contributed by atoms with Crippen molar-refractivity contribution in [3.63, 3.8) is 0 Å². The number of anilines is 3. The van der Waals surface area contributed by atoms with Crippen LogP contribution < -0.4 is 16.4 Å². The minimum Gasteiger partial charge on any atom is -0.368 e. The van der Waals surface area contributed by atoms with Gasteiger partial charge in [0, 0.05) is 12.0 Å². The minimum absolute atomic E-state index is 0.0674. The van der Waals surface area contributed by atoms with E-state index in [1.54, 1.807) is 0 Å². The van der Waals surface area contributed by atoms with E-state index in [2.05, 4.69) is 25.6 Å². The Labute approximate surface area is 119 Å². The lowest BCUT2D eigenvalue weighted by Gasteiger charge is -2.21. The molecule has 4 N–H and O–H groups in total. The number of nitrogens with two attached hydrogens (primary N) is 1. The first-order chi connectivity index (χ1) is 8.94. The molecular weight excluding hydrogens is 256 g/mol. The molecule has 1 heterocycles. The molecule has 0 saturated heterocycles. The van der Waals surface area contributed by atoms with Crippen molar-refractivity contribution >= 4 is 23.8 Å². The molecule has 0 aliphatic heterocycles. The first kappa shape index (κ1) is 16.1. The number of nitrogens with zero attached hydrogens (tertiary/aromatic N) is 3. The van der Waals surface area contributed by atoms with E-state index >= 15 is 0 Å². The molecule has 7 nitrogen and oxygen atoms in total. The molecule has 7 heteroatoms. The highest BCUT2D eigenvalue weighted by Gasteiger charge is 2.18. The van der Waals surface area contributed by atoms with Gasteiger partial charge in [0.25, 0.3) is 0 Å². The largest absolute Gasteiger partial charge is 0.368 e. The molecule has 1 aromatic heterocycles. The zero-order valence-electron chi connectivity index (χ0n) is 13.0. The minimum atomic E-state index is -0.208. The summed E-state index contributed by atoms with van der Waals surface area (Å²) < 4.78 is 0. The highest BCUT2D eigenvalue weighted by molar-refractivity contribution is 5.89. The lowest BCUT2D eigenvalue weighted by Crippen LogP contribution is -2.28. The summed E-state index contributed by atoms with van der Waals surface area (Å²) in [6.45, 7) is 11.9. The SMILES string of the molecule is CC(C)(C)CC(=O)Nc1nc(N)nc(NC(C)(C)C)n1. The highest BCUT2D eigenvalue weighted by Crippen LogP contribution is 2.19. The van der Waals surface area contributed by atoms with Crippen molar-refractivity contribution in [2.75, 3.05) is 16.4 Å². The van der Waals surface area contributed by atoms with Crippen molar-refractivity contribution in [1.82, 2.24) is 15.0 Å². The lowest BCUT2D eigenvalue weighted by atomic mass is 9.92. The number of amides is 1. The third-order valence-electron chi connectivity index (χ3n) is 2.08. The van der Waals surface area contributed by atoms with Gasteiger partial charge in [-0.3, -0.25) is 10.1 Å². The summed E-state index contributed by atoms with van der Waals surface area (Å²) in [4.78, 5) is 23.9. The number of carbonyl (C=O) groups excluding carboxylic acids is 1. The van der Waals surface area contributed by atoms with Crippen LogP contribution in [0.1, 0.15) is 48.0 Å². The molecule has 0 aromatic carbocycles. The Morgan fingerprint density at radius 1 is 1.05 bits per heavy atom. The summed E-state index contributed by atoms with van der Waals surface area (Å²) in [5.74, 6) is 0.428. The second-order valence-electron chi connectivity index (χ2n) is 7.00. The molecule has 1 amide bonds. The van der Waals surface area contributed by atoms with E-state index in [0.717, 1.165) is 0 Å². The van der Waals surface area contributed by atoms with Gasteiger partial charge >= 0.3 is 0 Å². The van der Waals surface area contributed by atoms with E-state index in [9.17, 15) is 4.79 Å². The van der Waals surface area contributed by atoms with E-state index in [0.29, 0.717) is 12.4 Å². The number of hydrogen-bond acceptors (Lipinski definition) is 6. The van der Waals surface area contributed by atoms with E-state index in [4.69, 9.17) is 5.73 Å². The molecule has 1 rings (SSSR count). The molecule has 0 spiro atoms. The van der Waals surface area contributed by atoms with Crippen LogP contribution in [-0.4, -0.2) is 26.4 Å². The summed E-state index contributed by atoms with van der Waals surface area (Å²) in [5, 5.41) is 5.73. The van der Waals surface area contributed by atoms with E-state index in [1.807, 2.05) is 41.5 Å². The van der Waals surface area contributed by atoms with Crippen LogP contribution in [0.3, 0.4) is 0 Å². The van der Waals surface area contributed by atoms with Crippen molar-refractivity contribution in [3.05, 3.63) is 0 Å². The molecule has 1 aromatic rings. The van der Waals surface area contributed by atoms with Gasteiger partial charge in [-0.15, -0.1) is 0 Å². The summed E-state index contributed by atoms with van der Waals surface area (Å²) in [5.41, 5.74) is 5.32. The first-order valence-electron chi connectivity index (χ1n) is 6.54. The van der Waals surface area contributed by atoms with Gasteiger partial charge < -0.3 is 11.1 Å². The van der Waals surface area contributed by atoms with Gasteiger partial charge in [0.2, 0.25) is 23.8 Å².